The topological polar surface area (TPSA) is 395 Å². The minimum Gasteiger partial charge on any atom is -0.481 e. The van der Waals surface area contributed by atoms with Crippen molar-refractivity contribution in [1.82, 2.24) is 52.3 Å². The number of aliphatic carboxylic acids is 1. The standard InChI is InChI=1S/C45H75N13O13/c1-21(2)18-28-38(65)49-23(5)35(62)51-25(7)43(70)58-17-11-14-32(58)44(71)57-16-10-13-31(57)41(68)54-29(19-22(3)4)39(66)50-24(6)36(63)52-27(12-9-15-48-45(46)47)37(64)56-34(26(8)59)42(69)55-30(20-33(60)61)40(67)53-28/h21-32,34,59H,9-20H2,1-8H3,(H,49,65)(H,50,66)(H,51,62)(H,52,63)(H,53,67)(H,54,68)(H,55,69)(H,56,64)(H,60,61)(H4,46,47,48)/t23-,24-,25-,26+,27-,28-,29-,30-,31-,32+,34-/m0/s1. The minimum absolute atomic E-state index is 0.000647. The first-order valence-electron chi connectivity index (χ1n) is 24.2. The van der Waals surface area contributed by atoms with Crippen LogP contribution in [0.4, 0.5) is 0 Å². The first-order valence-corrected chi connectivity index (χ1v) is 24.2. The van der Waals surface area contributed by atoms with E-state index in [1.165, 1.54) is 30.6 Å². The maximum Gasteiger partial charge on any atom is 0.305 e. The molecule has 26 heteroatoms. The molecule has 0 aromatic heterocycles. The van der Waals surface area contributed by atoms with Crippen molar-refractivity contribution in [2.75, 3.05) is 19.6 Å². The van der Waals surface area contributed by atoms with Gasteiger partial charge in [-0.05, 0) is 90.9 Å². The monoisotopic (exact) mass is 1010 g/mol. The number of rotatable bonds is 11. The number of amides is 10. The SMILES string of the molecule is CC(C)C[C@@H]1NC(=O)[C@H](CC(=O)O)NC(=O)[C@H]([C@@H](C)O)NC(=O)[C@H](CCCN=C(N)N)NC(=O)[C@H](C)NC(=O)[C@H](CC(C)C)NC(=O)[C@@H]2CCCN2C(=O)[C@H]2CCCN2C(=O)[C@H](C)NC(=O)[C@H](C)NC1=O. The van der Waals surface area contributed by atoms with Crippen molar-refractivity contribution >= 4 is 71.0 Å². The van der Waals surface area contributed by atoms with E-state index >= 15 is 0 Å². The van der Waals surface area contributed by atoms with Crippen LogP contribution in [0, 0.1) is 11.8 Å². The Kier molecular flexibility index (Phi) is 22.4. The number of aliphatic hydroxyl groups excluding tert-OH is 1. The van der Waals surface area contributed by atoms with Gasteiger partial charge in [-0.1, -0.05) is 27.7 Å². The zero-order chi connectivity index (χ0) is 53.4. The summed E-state index contributed by atoms with van der Waals surface area (Å²) in [6, 6.07) is -13.5. The molecule has 3 saturated heterocycles. The molecule has 3 fully saturated rings. The molecule has 0 aliphatic carbocycles. The molecule has 3 aliphatic rings. The summed E-state index contributed by atoms with van der Waals surface area (Å²) >= 11 is 0. The van der Waals surface area contributed by atoms with Crippen LogP contribution < -0.4 is 54.0 Å². The number of carbonyl (C=O) groups is 11. The molecule has 0 bridgehead atoms. The molecule has 0 unspecified atom stereocenters. The first kappa shape index (κ1) is 58.7. The third-order valence-corrected chi connectivity index (χ3v) is 12.2. The largest absolute Gasteiger partial charge is 0.481 e. The number of nitrogens with zero attached hydrogens (tertiary/aromatic N) is 3. The van der Waals surface area contributed by atoms with Gasteiger partial charge in [0, 0.05) is 19.6 Å². The summed E-state index contributed by atoms with van der Waals surface area (Å²) < 4.78 is 0. The van der Waals surface area contributed by atoms with Crippen LogP contribution >= 0.6 is 0 Å². The molecule has 3 aliphatic heterocycles. The summed E-state index contributed by atoms with van der Waals surface area (Å²) in [4.78, 5) is 157. The van der Waals surface area contributed by atoms with Gasteiger partial charge in [-0.25, -0.2) is 0 Å². The molecule has 71 heavy (non-hydrogen) atoms. The van der Waals surface area contributed by atoms with Gasteiger partial charge >= 0.3 is 5.97 Å². The number of carboxylic acids is 1. The lowest BCUT2D eigenvalue weighted by Crippen LogP contribution is -2.62. The summed E-state index contributed by atoms with van der Waals surface area (Å²) in [6.07, 6.45) is -1.22. The normalized spacial score (nSPS) is 29.1. The second kappa shape index (κ2) is 27.1. The number of nitrogens with one attached hydrogen (secondary N) is 8. The van der Waals surface area contributed by atoms with E-state index in [2.05, 4.69) is 47.5 Å². The van der Waals surface area contributed by atoms with E-state index in [1.807, 2.05) is 13.8 Å². The van der Waals surface area contributed by atoms with Gasteiger partial charge in [-0.15, -0.1) is 0 Å². The van der Waals surface area contributed by atoms with Crippen molar-refractivity contribution in [1.29, 1.82) is 0 Å². The van der Waals surface area contributed by atoms with Crippen LogP contribution in [-0.4, -0.2) is 177 Å². The van der Waals surface area contributed by atoms with E-state index in [0.29, 0.717) is 12.8 Å². The highest BCUT2D eigenvalue weighted by Crippen LogP contribution is 2.26. The van der Waals surface area contributed by atoms with E-state index in [4.69, 9.17) is 11.5 Å². The molecule has 14 N–H and O–H groups in total. The zero-order valence-electron chi connectivity index (χ0n) is 41.9. The lowest BCUT2D eigenvalue weighted by molar-refractivity contribution is -0.148. The van der Waals surface area contributed by atoms with Gasteiger partial charge < -0.3 is 74.0 Å². The van der Waals surface area contributed by atoms with E-state index in [-0.39, 0.29) is 76.0 Å². The first-order chi connectivity index (χ1) is 33.2. The predicted octanol–water partition coefficient (Wildman–Crippen LogP) is -4.08. The number of aliphatic hydroxyl groups is 1. The van der Waals surface area contributed by atoms with E-state index in [0.717, 1.165) is 6.92 Å². The maximum absolute atomic E-state index is 14.2. The Morgan fingerprint density at radius 2 is 1.01 bits per heavy atom. The van der Waals surface area contributed by atoms with E-state index in [9.17, 15) is 63.0 Å². The molecule has 10 amide bonds. The lowest BCUT2D eigenvalue weighted by atomic mass is 10.0. The van der Waals surface area contributed by atoms with Gasteiger partial charge in [0.25, 0.3) is 0 Å². The van der Waals surface area contributed by atoms with Crippen molar-refractivity contribution in [2.45, 2.75) is 180 Å². The van der Waals surface area contributed by atoms with E-state index < -0.39 is 138 Å². The molecule has 0 saturated carbocycles. The number of aliphatic imine (C=N–C) groups is 1. The fraction of sp³-hybridized carbons (Fsp3) is 0.733. The molecule has 398 valence electrons. The zero-order valence-corrected chi connectivity index (χ0v) is 41.9. The Morgan fingerprint density at radius 1 is 0.577 bits per heavy atom. The summed E-state index contributed by atoms with van der Waals surface area (Å²) in [6.45, 7) is 12.6. The Labute approximate surface area is 413 Å². The Morgan fingerprint density at radius 3 is 1.52 bits per heavy atom. The fourth-order valence-electron chi connectivity index (χ4n) is 8.51. The average Bonchev–Trinajstić information content (AvgIpc) is 3.98. The molecule has 0 radical (unpaired) electrons. The van der Waals surface area contributed by atoms with Crippen LogP contribution in [0.15, 0.2) is 4.99 Å². The van der Waals surface area contributed by atoms with Crippen molar-refractivity contribution in [3.05, 3.63) is 0 Å². The van der Waals surface area contributed by atoms with Crippen LogP contribution in [0.5, 0.6) is 0 Å². The van der Waals surface area contributed by atoms with Crippen LogP contribution in [0.3, 0.4) is 0 Å². The number of hydrogen-bond donors (Lipinski definition) is 12. The van der Waals surface area contributed by atoms with Gasteiger partial charge in [-0.2, -0.15) is 0 Å². The average molecular weight is 1010 g/mol. The third-order valence-electron chi connectivity index (χ3n) is 12.2. The summed E-state index contributed by atoms with van der Waals surface area (Å²) in [5.74, 6) is -10.6. The summed E-state index contributed by atoms with van der Waals surface area (Å²) in [7, 11) is 0. The molecule has 0 spiro atoms. The van der Waals surface area contributed by atoms with E-state index in [1.54, 1.807) is 13.8 Å². The van der Waals surface area contributed by atoms with Crippen LogP contribution in [0.1, 0.15) is 113 Å². The second-order valence-electron chi connectivity index (χ2n) is 19.3. The Bertz CT molecular complexity index is 2010. The number of carboxylic acid groups (broad SMARTS) is 1. The fourth-order valence-corrected chi connectivity index (χ4v) is 8.51. The maximum atomic E-state index is 14.2. The van der Waals surface area contributed by atoms with Crippen molar-refractivity contribution in [3.8, 4) is 0 Å². The second-order valence-corrected chi connectivity index (χ2v) is 19.3. The highest BCUT2D eigenvalue weighted by molar-refractivity contribution is 6.00. The van der Waals surface area contributed by atoms with Crippen molar-refractivity contribution in [3.63, 3.8) is 0 Å². The van der Waals surface area contributed by atoms with Gasteiger partial charge in [0.2, 0.25) is 59.1 Å². The Balaban J connectivity index is 2.07. The number of guanidine groups is 1. The predicted molar refractivity (Wildman–Crippen MR) is 255 cm³/mol. The van der Waals surface area contributed by atoms with Gasteiger partial charge in [0.05, 0.1) is 12.5 Å². The number of hydrogen-bond acceptors (Lipinski definition) is 13. The molecular weight excluding hydrogens is 931 g/mol. The van der Waals surface area contributed by atoms with Crippen molar-refractivity contribution in [2.24, 2.45) is 28.3 Å². The molecule has 0 aromatic rings. The highest BCUT2D eigenvalue weighted by atomic mass is 16.4. The summed E-state index contributed by atoms with van der Waals surface area (Å²) in [5.41, 5.74) is 10.9. The summed E-state index contributed by atoms with van der Waals surface area (Å²) in [5, 5.41) is 40.4. The van der Waals surface area contributed by atoms with Gasteiger partial charge in [-0.3, -0.25) is 57.7 Å². The molecule has 11 atom stereocenters. The number of fused-ring (bicyclic) bond motifs is 2. The van der Waals surface area contributed by atoms with Crippen LogP contribution in [0.25, 0.3) is 0 Å². The minimum atomic E-state index is -1.88. The van der Waals surface area contributed by atoms with Crippen LogP contribution in [0.2, 0.25) is 0 Å². The van der Waals surface area contributed by atoms with Crippen molar-refractivity contribution < 1.29 is 63.0 Å². The van der Waals surface area contributed by atoms with Gasteiger partial charge in [0.15, 0.2) is 5.96 Å². The lowest BCUT2D eigenvalue weighted by Gasteiger charge is -2.33. The molecule has 26 nitrogen and oxygen atoms in total. The molecular formula is C45H75N13O13. The number of nitrogens with two attached hydrogens (primary N) is 2. The smallest absolute Gasteiger partial charge is 0.305 e. The van der Waals surface area contributed by atoms with Gasteiger partial charge in [0.1, 0.15) is 60.4 Å². The van der Waals surface area contributed by atoms with Crippen LogP contribution in [-0.2, 0) is 52.7 Å². The molecule has 0 aromatic carbocycles. The quantitative estimate of drug-likeness (QED) is 0.0532. The molecule has 3 heterocycles. The highest BCUT2D eigenvalue weighted by Gasteiger charge is 2.44. The Hall–Kier alpha value is -6.60. The molecule has 3 rings (SSSR count). The third kappa shape index (κ3) is 17.6. The number of carbonyl (C=O) groups excluding carboxylic acids is 10.